The van der Waals surface area contributed by atoms with E-state index in [0.717, 1.165) is 4.90 Å². The van der Waals surface area contributed by atoms with Gasteiger partial charge in [-0.25, -0.2) is 9.59 Å². The van der Waals surface area contributed by atoms with E-state index in [9.17, 15) is 24.0 Å². The van der Waals surface area contributed by atoms with Crippen LogP contribution < -0.4 is 11.5 Å². The van der Waals surface area contributed by atoms with Crippen molar-refractivity contribution >= 4 is 29.7 Å². The minimum absolute atomic E-state index is 0.0101. The first kappa shape index (κ1) is 26.0. The van der Waals surface area contributed by atoms with Gasteiger partial charge in [0.25, 0.3) is 11.8 Å². The maximum atomic E-state index is 13.4. The van der Waals surface area contributed by atoms with Gasteiger partial charge in [-0.15, -0.1) is 0 Å². The minimum atomic E-state index is -1.38. The molecule has 33 heavy (non-hydrogen) atoms. The Hall–Kier alpha value is -3.27. The van der Waals surface area contributed by atoms with Crippen LogP contribution in [0.1, 0.15) is 86.7 Å². The lowest BCUT2D eigenvalue weighted by Gasteiger charge is -2.28. The van der Waals surface area contributed by atoms with Crippen molar-refractivity contribution in [2.45, 2.75) is 77.7 Å². The standard InChI is InChI=1S/C23H31N3O7/c1-22(2,3)32-20(30)14(10-11-15(24)27)26-18(28)13-9-7-8-12(16(13)19(26)29)17(25)21(31)33-23(4,5)6/h7-9,14,17H,10-11,25H2,1-6H3,(H2,24,27)/t14-,17?/m0/s1. The largest absolute Gasteiger partial charge is 0.459 e. The topological polar surface area (TPSA) is 159 Å². The summed E-state index contributed by atoms with van der Waals surface area (Å²) in [7, 11) is 0. The van der Waals surface area contributed by atoms with Gasteiger partial charge in [-0.2, -0.15) is 0 Å². The lowest BCUT2D eigenvalue weighted by molar-refractivity contribution is -0.160. The summed E-state index contributed by atoms with van der Waals surface area (Å²) in [5.74, 6) is -3.89. The fourth-order valence-electron chi connectivity index (χ4n) is 3.37. The van der Waals surface area contributed by atoms with E-state index in [1.807, 2.05) is 0 Å². The Morgan fingerprint density at radius 3 is 2.00 bits per heavy atom. The number of hydrogen-bond donors (Lipinski definition) is 2. The summed E-state index contributed by atoms with van der Waals surface area (Å²) in [5, 5.41) is 0. The molecule has 3 amide bonds. The number of esters is 2. The van der Waals surface area contributed by atoms with Crippen molar-refractivity contribution < 1.29 is 33.4 Å². The minimum Gasteiger partial charge on any atom is -0.459 e. The molecule has 0 aromatic heterocycles. The van der Waals surface area contributed by atoms with E-state index < -0.39 is 52.9 Å². The average Bonchev–Trinajstić information content (AvgIpc) is 2.90. The zero-order chi connectivity index (χ0) is 25.3. The molecule has 10 nitrogen and oxygen atoms in total. The molecule has 0 fully saturated rings. The number of fused-ring (bicyclic) bond motifs is 1. The maximum absolute atomic E-state index is 13.4. The van der Waals surface area contributed by atoms with Gasteiger partial charge in [0.2, 0.25) is 5.91 Å². The number of carbonyl (C=O) groups excluding carboxylic acids is 5. The highest BCUT2D eigenvalue weighted by atomic mass is 16.6. The third-order valence-corrected chi connectivity index (χ3v) is 4.63. The predicted molar refractivity (Wildman–Crippen MR) is 118 cm³/mol. The quantitative estimate of drug-likeness (QED) is 0.457. The van der Waals surface area contributed by atoms with Crippen molar-refractivity contribution in [3.8, 4) is 0 Å². The number of primary amides is 1. The molecule has 0 saturated carbocycles. The van der Waals surface area contributed by atoms with Gasteiger partial charge < -0.3 is 20.9 Å². The molecule has 2 atom stereocenters. The highest BCUT2D eigenvalue weighted by molar-refractivity contribution is 6.23. The first-order chi connectivity index (χ1) is 15.0. The first-order valence-electron chi connectivity index (χ1n) is 10.5. The molecule has 1 aliphatic heterocycles. The highest BCUT2D eigenvalue weighted by Gasteiger charge is 2.46. The number of hydrogen-bond acceptors (Lipinski definition) is 8. The Labute approximate surface area is 192 Å². The van der Waals surface area contributed by atoms with Crippen LogP contribution in [0.2, 0.25) is 0 Å². The summed E-state index contributed by atoms with van der Waals surface area (Å²) < 4.78 is 10.7. The molecule has 1 unspecified atom stereocenters. The van der Waals surface area contributed by atoms with Crippen molar-refractivity contribution in [2.75, 3.05) is 0 Å². The molecule has 4 N–H and O–H groups in total. The van der Waals surface area contributed by atoms with Gasteiger partial charge in [0.15, 0.2) is 0 Å². The zero-order valence-electron chi connectivity index (χ0n) is 19.8. The number of nitrogens with two attached hydrogens (primary N) is 2. The van der Waals surface area contributed by atoms with Gasteiger partial charge in [0.1, 0.15) is 23.3 Å². The Bertz CT molecular complexity index is 989. The average molecular weight is 462 g/mol. The predicted octanol–water partition coefficient (Wildman–Crippen LogP) is 1.60. The summed E-state index contributed by atoms with van der Waals surface area (Å²) in [4.78, 5) is 64.0. The van der Waals surface area contributed by atoms with Crippen LogP contribution in [0, 0.1) is 0 Å². The summed E-state index contributed by atoms with van der Waals surface area (Å²) in [6, 6.07) is 1.63. The Kier molecular flexibility index (Phi) is 7.33. The molecule has 0 bridgehead atoms. The van der Waals surface area contributed by atoms with Gasteiger partial charge in [-0.3, -0.25) is 19.3 Å². The number of carbonyl (C=O) groups is 5. The van der Waals surface area contributed by atoms with Crippen LogP contribution in [0.3, 0.4) is 0 Å². The van der Waals surface area contributed by atoms with E-state index in [0.29, 0.717) is 0 Å². The number of nitrogens with zero attached hydrogens (tertiary/aromatic N) is 1. The normalized spacial score (nSPS) is 15.7. The van der Waals surface area contributed by atoms with E-state index in [1.54, 1.807) is 41.5 Å². The van der Waals surface area contributed by atoms with Crippen LogP contribution in [-0.4, -0.2) is 51.8 Å². The molecule has 1 aromatic carbocycles. The smallest absolute Gasteiger partial charge is 0.329 e. The molecule has 1 heterocycles. The third kappa shape index (κ3) is 6.16. The van der Waals surface area contributed by atoms with Crippen LogP contribution in [-0.2, 0) is 23.9 Å². The van der Waals surface area contributed by atoms with Gasteiger partial charge in [0, 0.05) is 6.42 Å². The molecule has 0 radical (unpaired) electrons. The Morgan fingerprint density at radius 1 is 0.939 bits per heavy atom. The number of ether oxygens (including phenoxy) is 2. The molecule has 10 heteroatoms. The summed E-state index contributed by atoms with van der Waals surface area (Å²) in [6.45, 7) is 9.93. The molecule has 2 rings (SSSR count). The van der Waals surface area contributed by atoms with E-state index in [-0.39, 0.29) is 29.5 Å². The van der Waals surface area contributed by atoms with Gasteiger partial charge in [-0.05, 0) is 59.6 Å². The van der Waals surface area contributed by atoms with Gasteiger partial charge >= 0.3 is 11.9 Å². The summed E-state index contributed by atoms with van der Waals surface area (Å²) >= 11 is 0. The second-order valence-electron chi connectivity index (χ2n) is 9.82. The SMILES string of the molecule is CC(C)(C)OC(=O)C(N)c1cccc2c1C(=O)N([C@@H](CCC(N)=O)C(=O)OC(C)(C)C)C2=O. The molecule has 0 aliphatic carbocycles. The van der Waals surface area contributed by atoms with Crippen molar-refractivity contribution in [3.63, 3.8) is 0 Å². The fraction of sp³-hybridized carbons (Fsp3) is 0.522. The first-order valence-corrected chi connectivity index (χ1v) is 10.5. The van der Waals surface area contributed by atoms with E-state index in [2.05, 4.69) is 0 Å². The van der Waals surface area contributed by atoms with E-state index in [1.165, 1.54) is 18.2 Å². The highest BCUT2D eigenvalue weighted by Crippen LogP contribution is 2.32. The molecule has 0 spiro atoms. The van der Waals surface area contributed by atoms with Crippen molar-refractivity contribution in [2.24, 2.45) is 11.5 Å². The van der Waals surface area contributed by atoms with Gasteiger partial charge in [0.05, 0.1) is 11.1 Å². The number of benzene rings is 1. The van der Waals surface area contributed by atoms with Gasteiger partial charge in [-0.1, -0.05) is 12.1 Å². The Balaban J connectivity index is 2.47. The molecule has 0 saturated heterocycles. The lowest BCUT2D eigenvalue weighted by Crippen LogP contribution is -2.47. The number of amides is 3. The van der Waals surface area contributed by atoms with Crippen molar-refractivity contribution in [1.82, 2.24) is 4.90 Å². The zero-order valence-corrected chi connectivity index (χ0v) is 19.8. The van der Waals surface area contributed by atoms with Crippen LogP contribution in [0.15, 0.2) is 18.2 Å². The fourth-order valence-corrected chi connectivity index (χ4v) is 3.37. The molecular weight excluding hydrogens is 430 g/mol. The number of rotatable bonds is 7. The monoisotopic (exact) mass is 461 g/mol. The second kappa shape index (κ2) is 9.30. The maximum Gasteiger partial charge on any atom is 0.329 e. The number of imide groups is 1. The van der Waals surface area contributed by atoms with E-state index >= 15 is 0 Å². The summed E-state index contributed by atoms with van der Waals surface area (Å²) in [5.41, 5.74) is 9.59. The van der Waals surface area contributed by atoms with Crippen LogP contribution in [0.4, 0.5) is 0 Å². The Morgan fingerprint density at radius 2 is 1.48 bits per heavy atom. The summed E-state index contributed by atoms with van der Waals surface area (Å²) in [6.07, 6.45) is -0.454. The lowest BCUT2D eigenvalue weighted by atomic mass is 9.97. The third-order valence-electron chi connectivity index (χ3n) is 4.63. The second-order valence-corrected chi connectivity index (χ2v) is 9.82. The van der Waals surface area contributed by atoms with Crippen LogP contribution >= 0.6 is 0 Å². The van der Waals surface area contributed by atoms with Crippen LogP contribution in [0.5, 0.6) is 0 Å². The molecule has 1 aromatic rings. The molecule has 1 aliphatic rings. The van der Waals surface area contributed by atoms with E-state index in [4.69, 9.17) is 20.9 Å². The van der Waals surface area contributed by atoms with Crippen molar-refractivity contribution in [3.05, 3.63) is 34.9 Å². The van der Waals surface area contributed by atoms with Crippen molar-refractivity contribution in [1.29, 1.82) is 0 Å². The molecular formula is C23H31N3O7. The molecule has 180 valence electrons. The van der Waals surface area contributed by atoms with Crippen LogP contribution in [0.25, 0.3) is 0 Å².